The largest absolute Gasteiger partial charge is 0.205 e. The second-order valence-corrected chi connectivity index (χ2v) is 10.4. The Balaban J connectivity index is 1.15. The number of rotatable bonds is 9. The highest BCUT2D eigenvalue weighted by Crippen LogP contribution is 2.34. The first kappa shape index (κ1) is 24.0. The van der Waals surface area contributed by atoms with E-state index in [1.807, 2.05) is 6.07 Å². The quantitative estimate of drug-likeness (QED) is 0.297. The molecule has 0 radical (unpaired) electrons. The predicted octanol–water partition coefficient (Wildman–Crippen LogP) is 8.94. The lowest BCUT2D eigenvalue weighted by Gasteiger charge is -2.28. The van der Waals surface area contributed by atoms with E-state index in [9.17, 15) is 4.39 Å². The van der Waals surface area contributed by atoms with Crippen molar-refractivity contribution in [2.75, 3.05) is 0 Å². The van der Waals surface area contributed by atoms with Gasteiger partial charge in [0.1, 0.15) is 5.82 Å². The van der Waals surface area contributed by atoms with Crippen molar-refractivity contribution in [1.82, 2.24) is 0 Å². The van der Waals surface area contributed by atoms with Gasteiger partial charge < -0.3 is 0 Å². The number of hydrogen-bond donors (Lipinski definition) is 0. The van der Waals surface area contributed by atoms with Crippen LogP contribution in [0, 0.1) is 24.6 Å². The van der Waals surface area contributed by atoms with Crippen LogP contribution in [-0.2, 0) is 25.7 Å². The highest BCUT2D eigenvalue weighted by atomic mass is 35.5. The third-order valence-electron chi connectivity index (χ3n) is 7.48. The van der Waals surface area contributed by atoms with E-state index in [2.05, 4.69) is 55.5 Å². The minimum Gasteiger partial charge on any atom is -0.205 e. The Bertz CT molecular complexity index is 998. The van der Waals surface area contributed by atoms with E-state index >= 15 is 0 Å². The summed E-state index contributed by atoms with van der Waals surface area (Å²) in [6, 6.07) is 23.2. The van der Waals surface area contributed by atoms with Crippen LogP contribution in [0.1, 0.15) is 66.3 Å². The summed E-state index contributed by atoms with van der Waals surface area (Å²) in [6.07, 6.45) is 12.4. The van der Waals surface area contributed by atoms with Gasteiger partial charge in [0.2, 0.25) is 0 Å². The fourth-order valence-corrected chi connectivity index (χ4v) is 5.28. The van der Waals surface area contributed by atoms with Crippen LogP contribution in [-0.4, -0.2) is 0 Å². The van der Waals surface area contributed by atoms with Gasteiger partial charge in [-0.1, -0.05) is 97.4 Å². The molecule has 0 N–H and O–H groups in total. The Morgan fingerprint density at radius 3 is 1.58 bits per heavy atom. The minimum absolute atomic E-state index is 0.193. The van der Waals surface area contributed by atoms with Gasteiger partial charge in [0, 0.05) is 0 Å². The molecule has 0 heterocycles. The van der Waals surface area contributed by atoms with Crippen LogP contribution in [0.5, 0.6) is 0 Å². The summed E-state index contributed by atoms with van der Waals surface area (Å²) in [5, 5.41) is 0.193. The number of halogens is 2. The van der Waals surface area contributed by atoms with Gasteiger partial charge in [0.25, 0.3) is 0 Å². The molecule has 0 bridgehead atoms. The van der Waals surface area contributed by atoms with Crippen LogP contribution < -0.4 is 0 Å². The van der Waals surface area contributed by atoms with Gasteiger partial charge in [-0.15, -0.1) is 0 Å². The molecule has 0 amide bonds. The van der Waals surface area contributed by atoms with Crippen LogP contribution in [0.25, 0.3) is 0 Å². The van der Waals surface area contributed by atoms with Crippen molar-refractivity contribution < 1.29 is 4.39 Å². The summed E-state index contributed by atoms with van der Waals surface area (Å²) in [7, 11) is 0. The third-order valence-corrected chi connectivity index (χ3v) is 7.79. The Morgan fingerprint density at radius 1 is 0.636 bits per heavy atom. The first-order valence-corrected chi connectivity index (χ1v) is 13.0. The van der Waals surface area contributed by atoms with Gasteiger partial charge in [0.05, 0.1) is 5.02 Å². The van der Waals surface area contributed by atoms with Gasteiger partial charge in [-0.2, -0.15) is 0 Å². The normalized spacial score (nSPS) is 18.4. The Kier molecular flexibility index (Phi) is 8.62. The minimum atomic E-state index is -0.329. The third kappa shape index (κ3) is 7.44. The lowest BCUT2D eigenvalue weighted by Crippen LogP contribution is -2.15. The van der Waals surface area contributed by atoms with Crippen molar-refractivity contribution in [3.8, 4) is 0 Å². The van der Waals surface area contributed by atoms with Gasteiger partial charge in [-0.25, -0.2) is 4.39 Å². The maximum absolute atomic E-state index is 13.6. The first-order valence-electron chi connectivity index (χ1n) is 12.6. The summed E-state index contributed by atoms with van der Waals surface area (Å²) in [4.78, 5) is 0. The zero-order valence-electron chi connectivity index (χ0n) is 19.8. The average Bonchev–Trinajstić information content (AvgIpc) is 2.84. The maximum atomic E-state index is 13.6. The molecule has 3 aromatic rings. The fraction of sp³-hybridized carbons (Fsp3) is 0.419. The van der Waals surface area contributed by atoms with Crippen molar-refractivity contribution in [3.63, 3.8) is 0 Å². The first-order chi connectivity index (χ1) is 16.0. The van der Waals surface area contributed by atoms with Gasteiger partial charge in [0.15, 0.2) is 0 Å². The molecule has 0 spiro atoms. The van der Waals surface area contributed by atoms with E-state index < -0.39 is 0 Å². The smallest absolute Gasteiger partial charge is 0.142 e. The van der Waals surface area contributed by atoms with Gasteiger partial charge in [-0.05, 0) is 91.7 Å². The molecule has 1 aliphatic rings. The standard InChI is InChI=1S/C31H36ClF/c1-23-2-4-24(5-3-23)6-7-25-8-10-26(11-9-25)12-13-27-14-16-28(17-15-27)18-19-29-20-21-30(32)31(33)22-29/h2-5,14-17,20-22,25-26H,6-13,18-19H2,1H3. The molecule has 3 aromatic carbocycles. The van der Waals surface area contributed by atoms with E-state index in [0.717, 1.165) is 30.2 Å². The SMILES string of the molecule is Cc1ccc(CCC2CCC(CCc3ccc(CCc4ccc(Cl)c(F)c4)cc3)CC2)cc1. The van der Waals surface area contributed by atoms with Crippen LogP contribution >= 0.6 is 11.6 Å². The van der Waals surface area contributed by atoms with E-state index in [1.54, 1.807) is 12.1 Å². The summed E-state index contributed by atoms with van der Waals surface area (Å²) in [5.74, 6) is 1.47. The lowest BCUT2D eigenvalue weighted by atomic mass is 9.77. The second kappa shape index (κ2) is 11.8. The fourth-order valence-electron chi connectivity index (χ4n) is 5.16. The molecule has 0 aromatic heterocycles. The highest BCUT2D eigenvalue weighted by molar-refractivity contribution is 6.30. The molecule has 2 heteroatoms. The molecule has 0 nitrogen and oxygen atoms in total. The van der Waals surface area contributed by atoms with E-state index in [0.29, 0.717) is 0 Å². The van der Waals surface area contributed by atoms with Crippen molar-refractivity contribution >= 4 is 11.6 Å². The molecule has 0 aliphatic heterocycles. The molecular weight excluding hydrogens is 427 g/mol. The zero-order chi connectivity index (χ0) is 23.0. The van der Waals surface area contributed by atoms with Crippen LogP contribution in [0.3, 0.4) is 0 Å². The lowest BCUT2D eigenvalue weighted by molar-refractivity contribution is 0.253. The average molecular weight is 463 g/mol. The summed E-state index contributed by atoms with van der Waals surface area (Å²) >= 11 is 5.77. The molecule has 1 fully saturated rings. The Morgan fingerprint density at radius 2 is 1.06 bits per heavy atom. The second-order valence-electron chi connectivity index (χ2n) is 10.0. The highest BCUT2D eigenvalue weighted by Gasteiger charge is 2.20. The summed E-state index contributed by atoms with van der Waals surface area (Å²) in [6.45, 7) is 2.16. The Labute approximate surface area is 204 Å². The molecule has 0 atom stereocenters. The molecule has 1 aliphatic carbocycles. The topological polar surface area (TPSA) is 0 Å². The van der Waals surface area contributed by atoms with E-state index in [1.165, 1.54) is 73.6 Å². The molecule has 4 rings (SSSR count). The zero-order valence-corrected chi connectivity index (χ0v) is 20.6. The van der Waals surface area contributed by atoms with Crippen molar-refractivity contribution in [3.05, 3.63) is 105 Å². The molecule has 174 valence electrons. The van der Waals surface area contributed by atoms with Gasteiger partial charge in [-0.3, -0.25) is 0 Å². The molecule has 33 heavy (non-hydrogen) atoms. The monoisotopic (exact) mass is 462 g/mol. The van der Waals surface area contributed by atoms with Crippen LogP contribution in [0.2, 0.25) is 5.02 Å². The van der Waals surface area contributed by atoms with Crippen LogP contribution in [0.15, 0.2) is 66.7 Å². The summed E-state index contributed by atoms with van der Waals surface area (Å²) in [5.41, 5.74) is 6.59. The molecule has 1 saturated carbocycles. The van der Waals surface area contributed by atoms with E-state index in [-0.39, 0.29) is 10.8 Å². The van der Waals surface area contributed by atoms with Crippen molar-refractivity contribution in [1.29, 1.82) is 0 Å². The molecule has 0 saturated heterocycles. The molecule has 0 unspecified atom stereocenters. The van der Waals surface area contributed by atoms with Crippen LogP contribution in [0.4, 0.5) is 4.39 Å². The predicted molar refractivity (Wildman–Crippen MR) is 139 cm³/mol. The molecular formula is C31H36ClF. The number of aryl methyl sites for hydroxylation is 5. The van der Waals surface area contributed by atoms with Crippen molar-refractivity contribution in [2.45, 2.75) is 71.1 Å². The van der Waals surface area contributed by atoms with Gasteiger partial charge >= 0.3 is 0 Å². The number of benzene rings is 3. The van der Waals surface area contributed by atoms with Crippen molar-refractivity contribution in [2.24, 2.45) is 11.8 Å². The summed E-state index contributed by atoms with van der Waals surface area (Å²) < 4.78 is 13.6. The maximum Gasteiger partial charge on any atom is 0.142 e. The Hall–Kier alpha value is -2.12. The number of hydrogen-bond acceptors (Lipinski definition) is 0. The van der Waals surface area contributed by atoms with E-state index in [4.69, 9.17) is 11.6 Å².